The topological polar surface area (TPSA) is 101 Å². The maximum atomic E-state index is 13.0. The van der Waals surface area contributed by atoms with Crippen molar-refractivity contribution >= 4 is 21.9 Å². The molecule has 1 fully saturated rings. The lowest BCUT2D eigenvalue weighted by Gasteiger charge is -2.19. The fraction of sp³-hybridized carbons (Fsp3) is 0.222. The summed E-state index contributed by atoms with van der Waals surface area (Å²) in [6.45, 7) is 0.00559. The minimum Gasteiger partial charge on any atom is -0.495 e. The second-order valence-electron chi connectivity index (χ2n) is 5.91. The van der Waals surface area contributed by atoms with Gasteiger partial charge < -0.3 is 9.84 Å². The number of hydrogen-bond acceptors (Lipinski definition) is 5. The van der Waals surface area contributed by atoms with Crippen LogP contribution in [-0.4, -0.2) is 43.4 Å². The summed E-state index contributed by atoms with van der Waals surface area (Å²) in [6.07, 6.45) is 0.0736. The Morgan fingerprint density at radius 2 is 1.88 bits per heavy atom. The van der Waals surface area contributed by atoms with Crippen LogP contribution < -0.4 is 4.74 Å². The maximum absolute atomic E-state index is 13.0. The van der Waals surface area contributed by atoms with Gasteiger partial charge in [-0.3, -0.25) is 4.79 Å². The van der Waals surface area contributed by atoms with Gasteiger partial charge in [0.25, 0.3) is 10.0 Å². The van der Waals surface area contributed by atoms with Crippen LogP contribution >= 0.6 is 0 Å². The number of carboxylic acid groups (broad SMARTS) is 1. The number of carbonyl (C=O) groups is 2. The minimum absolute atomic E-state index is 0.00559. The summed E-state index contributed by atoms with van der Waals surface area (Å²) in [5.41, 5.74) is 0.681. The van der Waals surface area contributed by atoms with Gasteiger partial charge in [-0.15, -0.1) is 0 Å². The zero-order valence-corrected chi connectivity index (χ0v) is 14.8. The summed E-state index contributed by atoms with van der Waals surface area (Å²) < 4.78 is 31.9. The van der Waals surface area contributed by atoms with Crippen LogP contribution in [0, 0.1) is 0 Å². The number of aromatic carboxylic acids is 1. The third-order valence-electron chi connectivity index (χ3n) is 4.33. The third kappa shape index (κ3) is 3.15. The summed E-state index contributed by atoms with van der Waals surface area (Å²) in [4.78, 5) is 23.2. The van der Waals surface area contributed by atoms with Crippen LogP contribution in [0.1, 0.15) is 28.3 Å². The Hall–Kier alpha value is -2.87. The van der Waals surface area contributed by atoms with Crippen molar-refractivity contribution in [3.05, 3.63) is 59.7 Å². The number of amides is 1. The predicted molar refractivity (Wildman–Crippen MR) is 92.7 cm³/mol. The van der Waals surface area contributed by atoms with Crippen LogP contribution in [0.4, 0.5) is 0 Å². The lowest BCUT2D eigenvalue weighted by atomic mass is 9.99. The fourth-order valence-corrected chi connectivity index (χ4v) is 4.63. The van der Waals surface area contributed by atoms with E-state index < -0.39 is 21.9 Å². The highest BCUT2D eigenvalue weighted by Gasteiger charge is 2.40. The van der Waals surface area contributed by atoms with E-state index in [1.807, 2.05) is 30.3 Å². The molecule has 1 N–H and O–H groups in total. The molecule has 1 amide bonds. The molecule has 0 aromatic heterocycles. The van der Waals surface area contributed by atoms with E-state index in [1.54, 1.807) is 0 Å². The zero-order chi connectivity index (χ0) is 18.9. The van der Waals surface area contributed by atoms with Crippen molar-refractivity contribution in [2.24, 2.45) is 0 Å². The summed E-state index contributed by atoms with van der Waals surface area (Å²) >= 11 is 0. The number of methoxy groups -OCH3 is 1. The molecule has 0 radical (unpaired) electrons. The SMILES string of the molecule is COc1ccc(C(=O)O)cc1S(=O)(=O)N1CC(c2ccccc2)CC1=O. The van der Waals surface area contributed by atoms with E-state index in [1.165, 1.54) is 19.2 Å². The first kappa shape index (κ1) is 17.9. The van der Waals surface area contributed by atoms with Gasteiger partial charge in [-0.1, -0.05) is 30.3 Å². The minimum atomic E-state index is -4.23. The standard InChI is InChI=1S/C18H17NO6S/c1-25-15-8-7-13(18(21)22)9-16(15)26(23,24)19-11-14(10-17(19)20)12-5-3-2-4-6-12/h2-9,14H,10-11H2,1H3,(H,21,22). The molecule has 1 atom stereocenters. The summed E-state index contributed by atoms with van der Waals surface area (Å²) in [7, 11) is -2.95. The number of benzene rings is 2. The molecule has 0 aliphatic carbocycles. The smallest absolute Gasteiger partial charge is 0.335 e. The van der Waals surface area contributed by atoms with E-state index in [-0.39, 0.29) is 35.1 Å². The monoisotopic (exact) mass is 375 g/mol. The Morgan fingerprint density at radius 3 is 2.50 bits per heavy atom. The molecule has 8 heteroatoms. The van der Waals surface area contributed by atoms with Crippen molar-refractivity contribution in [2.45, 2.75) is 17.2 Å². The van der Waals surface area contributed by atoms with Gasteiger partial charge in [-0.2, -0.15) is 0 Å². The van der Waals surface area contributed by atoms with Gasteiger partial charge in [0.2, 0.25) is 5.91 Å². The van der Waals surface area contributed by atoms with Gasteiger partial charge >= 0.3 is 5.97 Å². The van der Waals surface area contributed by atoms with Gasteiger partial charge in [0.1, 0.15) is 10.6 Å². The molecule has 3 rings (SSSR count). The molecule has 1 saturated heterocycles. The van der Waals surface area contributed by atoms with Crippen molar-refractivity contribution in [3.8, 4) is 5.75 Å². The highest BCUT2D eigenvalue weighted by atomic mass is 32.2. The number of carboxylic acids is 1. The van der Waals surface area contributed by atoms with Crippen molar-refractivity contribution in [3.63, 3.8) is 0 Å². The highest BCUT2D eigenvalue weighted by Crippen LogP contribution is 2.35. The van der Waals surface area contributed by atoms with Crippen molar-refractivity contribution in [2.75, 3.05) is 13.7 Å². The van der Waals surface area contributed by atoms with Crippen LogP contribution in [0.15, 0.2) is 53.4 Å². The molecule has 0 saturated carbocycles. The van der Waals surface area contributed by atoms with Crippen LogP contribution in [0.25, 0.3) is 0 Å². The molecule has 1 unspecified atom stereocenters. The Kier molecular flexibility index (Phi) is 4.69. The number of hydrogen-bond donors (Lipinski definition) is 1. The first-order valence-electron chi connectivity index (χ1n) is 7.86. The van der Waals surface area contributed by atoms with E-state index in [0.29, 0.717) is 0 Å². The number of sulfonamides is 1. The molecule has 1 heterocycles. The van der Waals surface area contributed by atoms with Crippen molar-refractivity contribution < 1.29 is 27.9 Å². The first-order valence-corrected chi connectivity index (χ1v) is 9.30. The van der Waals surface area contributed by atoms with Crippen molar-refractivity contribution in [1.82, 2.24) is 4.31 Å². The molecule has 2 aromatic rings. The fourth-order valence-electron chi connectivity index (χ4n) is 2.99. The van der Waals surface area contributed by atoms with Gasteiger partial charge in [-0.25, -0.2) is 17.5 Å². The molecule has 2 aromatic carbocycles. The Balaban J connectivity index is 1.99. The molecule has 0 spiro atoms. The van der Waals surface area contributed by atoms with E-state index in [9.17, 15) is 18.0 Å². The molecule has 0 bridgehead atoms. The second-order valence-corrected chi connectivity index (χ2v) is 7.74. The van der Waals surface area contributed by atoms with Gasteiger partial charge in [0, 0.05) is 18.9 Å². The second kappa shape index (κ2) is 6.80. The van der Waals surface area contributed by atoms with E-state index in [0.717, 1.165) is 15.9 Å². The first-order chi connectivity index (χ1) is 12.3. The van der Waals surface area contributed by atoms with Gasteiger partial charge in [0.15, 0.2) is 0 Å². The van der Waals surface area contributed by atoms with Crippen LogP contribution in [-0.2, 0) is 14.8 Å². The largest absolute Gasteiger partial charge is 0.495 e. The average Bonchev–Trinajstić information content (AvgIpc) is 3.04. The lowest BCUT2D eigenvalue weighted by molar-refractivity contribution is -0.123. The number of nitrogens with zero attached hydrogens (tertiary/aromatic N) is 1. The van der Waals surface area contributed by atoms with E-state index in [2.05, 4.69) is 0 Å². The molecule has 1 aliphatic heterocycles. The van der Waals surface area contributed by atoms with Crippen LogP contribution in [0.2, 0.25) is 0 Å². The average molecular weight is 375 g/mol. The Labute approximate surface area is 150 Å². The highest BCUT2D eigenvalue weighted by molar-refractivity contribution is 7.89. The number of ether oxygens (including phenoxy) is 1. The molecule has 26 heavy (non-hydrogen) atoms. The molecule has 136 valence electrons. The lowest BCUT2D eigenvalue weighted by Crippen LogP contribution is -2.32. The molecule has 1 aliphatic rings. The summed E-state index contributed by atoms with van der Waals surface area (Å²) in [5.74, 6) is -2.04. The van der Waals surface area contributed by atoms with Gasteiger partial charge in [0.05, 0.1) is 12.7 Å². The quantitative estimate of drug-likeness (QED) is 0.859. The number of carbonyl (C=O) groups excluding carboxylic acids is 1. The molecule has 7 nitrogen and oxygen atoms in total. The normalized spacial score (nSPS) is 17.3. The molecular formula is C18H17NO6S. The summed E-state index contributed by atoms with van der Waals surface area (Å²) in [6, 6.07) is 12.7. The maximum Gasteiger partial charge on any atom is 0.335 e. The van der Waals surface area contributed by atoms with Crippen molar-refractivity contribution in [1.29, 1.82) is 0 Å². The third-order valence-corrected chi connectivity index (χ3v) is 6.14. The van der Waals surface area contributed by atoms with Gasteiger partial charge in [-0.05, 0) is 23.8 Å². The Morgan fingerprint density at radius 1 is 1.19 bits per heavy atom. The Bertz CT molecular complexity index is 955. The molecular weight excluding hydrogens is 358 g/mol. The zero-order valence-electron chi connectivity index (χ0n) is 14.0. The predicted octanol–water partition coefficient (Wildman–Crippen LogP) is 2.10. The summed E-state index contributed by atoms with van der Waals surface area (Å²) in [5, 5.41) is 9.13. The van der Waals surface area contributed by atoms with E-state index in [4.69, 9.17) is 9.84 Å². The van der Waals surface area contributed by atoms with Crippen LogP contribution in [0.3, 0.4) is 0 Å². The number of rotatable bonds is 5. The van der Waals surface area contributed by atoms with E-state index >= 15 is 0 Å². The van der Waals surface area contributed by atoms with Crippen LogP contribution in [0.5, 0.6) is 5.75 Å².